The fraction of sp³-hybridized carbons (Fsp3) is 0.174. The topological polar surface area (TPSA) is 62.3 Å². The van der Waals surface area contributed by atoms with Crippen LogP contribution in [0.3, 0.4) is 0 Å². The predicted octanol–water partition coefficient (Wildman–Crippen LogP) is 6.81. The number of aromatic nitrogens is 1. The number of amides is 2. The molecule has 37 heavy (non-hydrogen) atoms. The van der Waals surface area contributed by atoms with E-state index in [2.05, 4.69) is 22.9 Å². The number of halogens is 7. The number of benzene rings is 2. The number of pyridine rings is 1. The molecule has 2 atom stereocenters. The van der Waals surface area contributed by atoms with Crippen molar-refractivity contribution >= 4 is 52.0 Å². The zero-order valence-corrected chi connectivity index (χ0v) is 21.2. The van der Waals surface area contributed by atoms with E-state index in [1.54, 1.807) is 6.07 Å². The van der Waals surface area contributed by atoms with E-state index in [9.17, 15) is 33.4 Å². The molecule has 2 aromatic carbocycles. The maximum absolute atomic E-state index is 13.4. The zero-order valence-electron chi connectivity index (χ0n) is 18.7. The molecule has 0 aliphatic heterocycles. The van der Waals surface area contributed by atoms with Gasteiger partial charge in [0.25, 0.3) is 5.91 Å². The lowest BCUT2D eigenvalue weighted by molar-refractivity contribution is -0.126. The van der Waals surface area contributed by atoms with Gasteiger partial charge in [-0.05, 0) is 54.4 Å². The van der Waals surface area contributed by atoms with E-state index in [4.69, 9.17) is 11.6 Å². The second kappa shape index (κ2) is 10.1. The SMILES string of the molecule is O=C(NCCc1cccc(F)c1)[C@@H](c1cccnc1)N(C(=O)[C@H](S)Cl)c1ccc(S(F)(F)(F)(F)F)cc1. The number of carbonyl (C=O) groups is 2. The number of anilines is 1. The van der Waals surface area contributed by atoms with Gasteiger partial charge in [-0.1, -0.05) is 37.6 Å². The fourth-order valence-electron chi connectivity index (χ4n) is 3.46. The normalized spacial score (nSPS) is 15.1. The summed E-state index contributed by atoms with van der Waals surface area (Å²) in [4.78, 5) is 28.8. The van der Waals surface area contributed by atoms with Gasteiger partial charge in [-0.2, -0.15) is 12.6 Å². The van der Waals surface area contributed by atoms with Crippen molar-refractivity contribution < 1.29 is 33.4 Å². The van der Waals surface area contributed by atoms with Crippen molar-refractivity contribution in [2.75, 3.05) is 11.4 Å². The van der Waals surface area contributed by atoms with Gasteiger partial charge >= 0.3 is 10.2 Å². The van der Waals surface area contributed by atoms with Crippen molar-refractivity contribution in [1.82, 2.24) is 10.3 Å². The maximum atomic E-state index is 13.4. The Kier molecular flexibility index (Phi) is 7.83. The van der Waals surface area contributed by atoms with Gasteiger partial charge in [0, 0.05) is 30.2 Å². The molecular weight excluding hydrogens is 564 g/mol. The van der Waals surface area contributed by atoms with Gasteiger partial charge in [0.2, 0.25) is 5.91 Å². The summed E-state index contributed by atoms with van der Waals surface area (Å²) < 4.78 is 78.0. The highest BCUT2D eigenvalue weighted by Gasteiger charge is 2.65. The van der Waals surface area contributed by atoms with Gasteiger partial charge in [0.1, 0.15) is 16.8 Å². The molecule has 1 aromatic heterocycles. The smallest absolute Gasteiger partial charge is 0.310 e. The minimum Gasteiger partial charge on any atom is -0.354 e. The zero-order chi connectivity index (χ0) is 27.5. The third-order valence-corrected chi connectivity index (χ3v) is 6.68. The van der Waals surface area contributed by atoms with Crippen LogP contribution in [0.5, 0.6) is 0 Å². The molecule has 0 saturated carbocycles. The summed E-state index contributed by atoms with van der Waals surface area (Å²) in [6, 6.07) is 8.60. The first-order valence-electron chi connectivity index (χ1n) is 10.5. The predicted molar refractivity (Wildman–Crippen MR) is 134 cm³/mol. The van der Waals surface area contributed by atoms with E-state index in [0.717, 1.165) is 4.90 Å². The molecule has 0 fully saturated rings. The number of thiol groups is 1. The van der Waals surface area contributed by atoms with Crippen molar-refractivity contribution in [3.63, 3.8) is 0 Å². The maximum Gasteiger partial charge on any atom is 0.310 e. The van der Waals surface area contributed by atoms with Crippen LogP contribution in [0.4, 0.5) is 29.5 Å². The van der Waals surface area contributed by atoms with Gasteiger partial charge in [-0.25, -0.2) is 4.39 Å². The molecule has 0 unspecified atom stereocenters. The summed E-state index contributed by atoms with van der Waals surface area (Å²) in [6.07, 6.45) is 2.86. The Labute approximate surface area is 219 Å². The van der Waals surface area contributed by atoms with Crippen LogP contribution in [0.2, 0.25) is 0 Å². The molecule has 0 bridgehead atoms. The van der Waals surface area contributed by atoms with Crippen molar-refractivity contribution in [3.05, 3.63) is 90.0 Å². The van der Waals surface area contributed by atoms with Crippen LogP contribution < -0.4 is 10.2 Å². The molecule has 0 aliphatic carbocycles. The number of hydrogen-bond donors (Lipinski definition) is 2. The average Bonchev–Trinajstić information content (AvgIpc) is 2.81. The summed E-state index contributed by atoms with van der Waals surface area (Å²) in [5, 5.41) is 2.60. The minimum atomic E-state index is -9.98. The summed E-state index contributed by atoms with van der Waals surface area (Å²) >= 11 is 9.73. The number of alkyl halides is 1. The van der Waals surface area contributed by atoms with Gasteiger partial charge in [0.05, 0.1) is 0 Å². The summed E-state index contributed by atoms with van der Waals surface area (Å²) in [7, 11) is -9.98. The third-order valence-electron chi connectivity index (χ3n) is 5.11. The Balaban J connectivity index is 1.99. The first kappa shape index (κ1) is 28.7. The molecule has 3 aromatic rings. The second-order valence-electron chi connectivity index (χ2n) is 7.87. The molecule has 1 heterocycles. The average molecular weight is 584 g/mol. The van der Waals surface area contributed by atoms with E-state index < -0.39 is 43.5 Å². The van der Waals surface area contributed by atoms with Crippen molar-refractivity contribution in [3.8, 4) is 0 Å². The first-order chi connectivity index (χ1) is 17.1. The van der Waals surface area contributed by atoms with Gasteiger partial charge < -0.3 is 5.32 Å². The van der Waals surface area contributed by atoms with Crippen LogP contribution in [0, 0.1) is 5.82 Å². The first-order valence-corrected chi connectivity index (χ1v) is 13.4. The lowest BCUT2D eigenvalue weighted by Crippen LogP contribution is -2.46. The largest absolute Gasteiger partial charge is 0.354 e. The van der Waals surface area contributed by atoms with Crippen molar-refractivity contribution in [2.24, 2.45) is 0 Å². The van der Waals surface area contributed by atoms with E-state index in [1.807, 2.05) is 0 Å². The van der Waals surface area contributed by atoms with Gasteiger partial charge in [-0.3, -0.25) is 19.5 Å². The highest BCUT2D eigenvalue weighted by molar-refractivity contribution is 8.45. The Morgan fingerprint density at radius 1 is 1.03 bits per heavy atom. The monoisotopic (exact) mass is 583 g/mol. The standard InChI is InChI=1S/C23H20ClF6N3O2S2/c24-21(36)23(35)33(18-6-8-19(9-7-18)37(26,27,28,29)30)20(16-4-2-11-31-14-16)22(34)32-12-10-15-3-1-5-17(25)13-15/h1-9,11,13-14,20-21,36H,10,12H2,(H,32,34)/t20-,21+/m1/s1. The molecule has 200 valence electrons. The molecule has 0 radical (unpaired) electrons. The number of hydrogen-bond acceptors (Lipinski definition) is 4. The van der Waals surface area contributed by atoms with E-state index in [1.165, 1.54) is 42.7 Å². The van der Waals surface area contributed by atoms with E-state index in [0.29, 0.717) is 17.7 Å². The molecular formula is C23H20ClF6N3O2S2. The van der Waals surface area contributed by atoms with Gasteiger partial charge in [0.15, 0.2) is 4.71 Å². The molecule has 5 nitrogen and oxygen atoms in total. The second-order valence-corrected chi connectivity index (χ2v) is 11.5. The van der Waals surface area contributed by atoms with Crippen LogP contribution in [-0.2, 0) is 16.0 Å². The lowest BCUT2D eigenvalue weighted by atomic mass is 10.0. The van der Waals surface area contributed by atoms with Gasteiger partial charge in [-0.15, -0.1) is 11.6 Å². The molecule has 3 rings (SSSR count). The van der Waals surface area contributed by atoms with Crippen LogP contribution in [0.15, 0.2) is 78.0 Å². The summed E-state index contributed by atoms with van der Waals surface area (Å²) in [5.41, 5.74) is 0.417. The number of nitrogens with one attached hydrogen (secondary N) is 1. The Bertz CT molecular complexity index is 1280. The number of carbonyl (C=O) groups excluding carboxylic acids is 2. The highest BCUT2D eigenvalue weighted by Crippen LogP contribution is 3.02. The van der Waals surface area contributed by atoms with Crippen molar-refractivity contribution in [1.29, 1.82) is 0 Å². The van der Waals surface area contributed by atoms with E-state index >= 15 is 0 Å². The molecule has 0 aliphatic rings. The Morgan fingerprint density at radius 3 is 2.24 bits per heavy atom. The number of nitrogens with zero attached hydrogens (tertiary/aromatic N) is 2. The van der Waals surface area contributed by atoms with Crippen LogP contribution in [0.25, 0.3) is 0 Å². The highest BCUT2D eigenvalue weighted by atomic mass is 35.5. The summed E-state index contributed by atoms with van der Waals surface area (Å²) in [5.74, 6) is -2.25. The quantitative estimate of drug-likeness (QED) is 0.165. The van der Waals surface area contributed by atoms with Crippen LogP contribution >= 0.6 is 34.5 Å². The number of rotatable bonds is 9. The third kappa shape index (κ3) is 7.55. The van der Waals surface area contributed by atoms with E-state index in [-0.39, 0.29) is 36.3 Å². The molecule has 2 amide bonds. The van der Waals surface area contributed by atoms with Crippen molar-refractivity contribution in [2.45, 2.75) is 22.1 Å². The van der Waals surface area contributed by atoms with Crippen LogP contribution in [0.1, 0.15) is 17.2 Å². The molecule has 14 heteroatoms. The Morgan fingerprint density at radius 2 is 1.70 bits per heavy atom. The molecule has 0 spiro atoms. The Hall–Kier alpha value is -2.90. The minimum absolute atomic E-state index is 0.00934. The van der Waals surface area contributed by atoms with Crippen LogP contribution in [-0.4, -0.2) is 28.1 Å². The molecule has 0 saturated heterocycles. The lowest BCUT2D eigenvalue weighted by Gasteiger charge is -2.40. The summed E-state index contributed by atoms with van der Waals surface area (Å²) in [6.45, 7) is 0.00934. The fourth-order valence-corrected chi connectivity index (χ4v) is 4.34. The molecule has 1 N–H and O–H groups in total.